The van der Waals surface area contributed by atoms with E-state index >= 15 is 0 Å². The molecule has 5 heteroatoms. The van der Waals surface area contributed by atoms with Crippen LogP contribution in [0.2, 0.25) is 0 Å². The van der Waals surface area contributed by atoms with Crippen molar-refractivity contribution in [3.05, 3.63) is 72.3 Å². The van der Waals surface area contributed by atoms with Crippen LogP contribution in [0.5, 0.6) is 0 Å². The quantitative estimate of drug-likeness (QED) is 0.736. The molecule has 0 spiro atoms. The van der Waals surface area contributed by atoms with Crippen molar-refractivity contribution in [1.82, 2.24) is 14.5 Å². The average Bonchev–Trinajstić information content (AvgIpc) is 3.31. The summed E-state index contributed by atoms with van der Waals surface area (Å²) in [6, 6.07) is 14.1. The first kappa shape index (κ1) is 15.6. The van der Waals surface area contributed by atoms with Crippen molar-refractivity contribution in [2.75, 3.05) is 13.2 Å². The molecule has 5 nitrogen and oxygen atoms in total. The second kappa shape index (κ2) is 6.88. The van der Waals surface area contributed by atoms with E-state index in [0.29, 0.717) is 18.1 Å². The van der Waals surface area contributed by atoms with Gasteiger partial charge in [-0.1, -0.05) is 0 Å². The largest absolute Gasteiger partial charge is 0.379 e. The summed E-state index contributed by atoms with van der Waals surface area (Å²) in [5, 5.41) is 8.97. The lowest BCUT2D eigenvalue weighted by Crippen LogP contribution is -2.20. The number of nitriles is 1. The van der Waals surface area contributed by atoms with E-state index in [2.05, 4.69) is 32.7 Å². The summed E-state index contributed by atoms with van der Waals surface area (Å²) < 4.78 is 7.99. The fourth-order valence-corrected chi connectivity index (χ4v) is 3.41. The number of nitrogens with zero attached hydrogens (tertiary/aromatic N) is 4. The molecule has 1 saturated heterocycles. The van der Waals surface area contributed by atoms with Crippen LogP contribution in [0.15, 0.2) is 61.2 Å². The van der Waals surface area contributed by atoms with Crippen LogP contribution in [0.3, 0.4) is 0 Å². The van der Waals surface area contributed by atoms with E-state index in [-0.39, 0.29) is 6.04 Å². The zero-order chi connectivity index (χ0) is 17.1. The van der Waals surface area contributed by atoms with Crippen molar-refractivity contribution in [2.24, 2.45) is 5.92 Å². The van der Waals surface area contributed by atoms with Crippen molar-refractivity contribution < 1.29 is 4.74 Å². The van der Waals surface area contributed by atoms with Gasteiger partial charge in [-0.2, -0.15) is 5.26 Å². The van der Waals surface area contributed by atoms with E-state index < -0.39 is 0 Å². The molecule has 2 atom stereocenters. The first-order valence-corrected chi connectivity index (χ1v) is 8.35. The van der Waals surface area contributed by atoms with E-state index in [9.17, 15) is 0 Å². The summed E-state index contributed by atoms with van der Waals surface area (Å²) in [5.74, 6) is 1.31. The Balaban J connectivity index is 1.61. The van der Waals surface area contributed by atoms with Gasteiger partial charge < -0.3 is 9.30 Å². The van der Waals surface area contributed by atoms with Crippen LogP contribution in [0.4, 0.5) is 0 Å². The van der Waals surface area contributed by atoms with E-state index in [0.717, 1.165) is 24.4 Å². The fraction of sp³-hybridized carbons (Fsp3) is 0.250. The van der Waals surface area contributed by atoms with Gasteiger partial charge in [0.05, 0.1) is 30.9 Å². The number of rotatable bonds is 4. The van der Waals surface area contributed by atoms with Gasteiger partial charge in [0, 0.05) is 36.3 Å². The average molecular weight is 330 g/mol. The van der Waals surface area contributed by atoms with Gasteiger partial charge in [0.2, 0.25) is 0 Å². The number of pyridine rings is 1. The summed E-state index contributed by atoms with van der Waals surface area (Å²) in [6.45, 7) is 1.44. The lowest BCUT2D eigenvalue weighted by molar-refractivity contribution is 0.181. The molecular weight excluding hydrogens is 312 g/mol. The molecule has 0 N–H and O–H groups in total. The minimum absolute atomic E-state index is 0.251. The molecule has 0 amide bonds. The minimum atomic E-state index is 0.251. The third-order valence-corrected chi connectivity index (χ3v) is 4.71. The molecule has 3 aromatic rings. The van der Waals surface area contributed by atoms with E-state index in [1.54, 1.807) is 0 Å². The Kier molecular flexibility index (Phi) is 4.28. The fourth-order valence-electron chi connectivity index (χ4n) is 3.41. The standard InChI is InChI=1S/C20H18N4O/c21-12-16-1-3-17(4-2-16)20-23-9-10-24(20)19-14-25-13-18(19)11-15-5-7-22-8-6-15/h1-10,18-19H,11,13-14H2/t18-,19-/m1/s1. The third-order valence-electron chi connectivity index (χ3n) is 4.71. The molecule has 1 fully saturated rings. The Morgan fingerprint density at radius 2 is 1.88 bits per heavy atom. The van der Waals surface area contributed by atoms with Crippen LogP contribution in [0.25, 0.3) is 11.4 Å². The molecule has 25 heavy (non-hydrogen) atoms. The molecule has 0 aliphatic carbocycles. The highest BCUT2D eigenvalue weighted by Crippen LogP contribution is 2.32. The number of hydrogen-bond acceptors (Lipinski definition) is 4. The number of imidazole rings is 1. The highest BCUT2D eigenvalue weighted by Gasteiger charge is 2.31. The maximum atomic E-state index is 8.97. The van der Waals surface area contributed by atoms with Crippen molar-refractivity contribution in [2.45, 2.75) is 12.5 Å². The molecule has 2 aromatic heterocycles. The SMILES string of the molecule is N#Cc1ccc(-c2nccn2[C@@H]2COC[C@H]2Cc2ccncc2)cc1. The third kappa shape index (κ3) is 3.17. The predicted octanol–water partition coefficient (Wildman–Crippen LogP) is 3.25. The summed E-state index contributed by atoms with van der Waals surface area (Å²) in [4.78, 5) is 8.63. The lowest BCUT2D eigenvalue weighted by Gasteiger charge is -2.21. The molecule has 4 rings (SSSR count). The van der Waals surface area contributed by atoms with Crippen LogP contribution in [0, 0.1) is 17.2 Å². The van der Waals surface area contributed by atoms with Gasteiger partial charge in [-0.3, -0.25) is 4.98 Å². The molecular formula is C20H18N4O. The molecule has 1 aromatic carbocycles. The van der Waals surface area contributed by atoms with Gasteiger partial charge in [0.25, 0.3) is 0 Å². The molecule has 1 aliphatic heterocycles. The highest BCUT2D eigenvalue weighted by molar-refractivity contribution is 5.57. The highest BCUT2D eigenvalue weighted by atomic mass is 16.5. The van der Waals surface area contributed by atoms with Crippen LogP contribution in [-0.2, 0) is 11.2 Å². The molecule has 0 saturated carbocycles. The molecule has 0 radical (unpaired) electrons. The first-order chi connectivity index (χ1) is 12.3. The van der Waals surface area contributed by atoms with Gasteiger partial charge in [-0.15, -0.1) is 0 Å². The molecule has 0 bridgehead atoms. The zero-order valence-electron chi connectivity index (χ0n) is 13.7. The van der Waals surface area contributed by atoms with Crippen LogP contribution >= 0.6 is 0 Å². The Morgan fingerprint density at radius 1 is 1.08 bits per heavy atom. The van der Waals surface area contributed by atoms with Gasteiger partial charge in [0.15, 0.2) is 0 Å². The normalized spacial score (nSPS) is 19.6. The van der Waals surface area contributed by atoms with Crippen molar-refractivity contribution >= 4 is 0 Å². The minimum Gasteiger partial charge on any atom is -0.379 e. The Bertz CT molecular complexity index is 880. The molecule has 0 unspecified atom stereocenters. The van der Waals surface area contributed by atoms with Gasteiger partial charge in [-0.05, 0) is 48.4 Å². The van der Waals surface area contributed by atoms with Crippen molar-refractivity contribution in [3.8, 4) is 17.5 Å². The zero-order valence-corrected chi connectivity index (χ0v) is 13.7. The number of benzene rings is 1. The molecule has 3 heterocycles. The van der Waals surface area contributed by atoms with Gasteiger partial charge in [0.1, 0.15) is 5.82 Å². The summed E-state index contributed by atoms with van der Waals surface area (Å²) in [7, 11) is 0. The summed E-state index contributed by atoms with van der Waals surface area (Å²) in [6.07, 6.45) is 8.47. The first-order valence-electron chi connectivity index (χ1n) is 8.35. The Morgan fingerprint density at radius 3 is 2.64 bits per heavy atom. The second-order valence-electron chi connectivity index (χ2n) is 6.27. The maximum absolute atomic E-state index is 8.97. The van der Waals surface area contributed by atoms with E-state index in [4.69, 9.17) is 10.00 Å². The smallest absolute Gasteiger partial charge is 0.140 e. The topological polar surface area (TPSA) is 63.7 Å². The van der Waals surface area contributed by atoms with Crippen LogP contribution in [-0.4, -0.2) is 27.7 Å². The maximum Gasteiger partial charge on any atom is 0.140 e. The van der Waals surface area contributed by atoms with Crippen molar-refractivity contribution in [3.63, 3.8) is 0 Å². The number of aromatic nitrogens is 3. The predicted molar refractivity (Wildman–Crippen MR) is 93.7 cm³/mol. The number of ether oxygens (including phenoxy) is 1. The Hall–Kier alpha value is -2.97. The monoisotopic (exact) mass is 330 g/mol. The van der Waals surface area contributed by atoms with Crippen LogP contribution < -0.4 is 0 Å². The van der Waals surface area contributed by atoms with Crippen molar-refractivity contribution in [1.29, 1.82) is 5.26 Å². The number of hydrogen-bond donors (Lipinski definition) is 0. The van der Waals surface area contributed by atoms with Gasteiger partial charge >= 0.3 is 0 Å². The summed E-state index contributed by atoms with van der Waals surface area (Å²) in [5.41, 5.74) is 2.94. The Labute approximate surface area is 146 Å². The summed E-state index contributed by atoms with van der Waals surface area (Å²) >= 11 is 0. The van der Waals surface area contributed by atoms with E-state index in [1.165, 1.54) is 5.56 Å². The lowest BCUT2D eigenvalue weighted by atomic mass is 9.95. The van der Waals surface area contributed by atoms with E-state index in [1.807, 2.05) is 49.1 Å². The molecule has 1 aliphatic rings. The van der Waals surface area contributed by atoms with Gasteiger partial charge in [-0.25, -0.2) is 4.98 Å². The van der Waals surface area contributed by atoms with Crippen LogP contribution in [0.1, 0.15) is 17.2 Å². The second-order valence-corrected chi connectivity index (χ2v) is 6.27. The molecule has 124 valence electrons.